The Labute approximate surface area is 187 Å². The van der Waals surface area contributed by atoms with Crippen LogP contribution < -0.4 is 5.32 Å². The van der Waals surface area contributed by atoms with Crippen LogP contribution in [0.2, 0.25) is 0 Å². The van der Waals surface area contributed by atoms with E-state index in [1.807, 2.05) is 6.92 Å². The van der Waals surface area contributed by atoms with Crippen molar-refractivity contribution >= 4 is 12.2 Å². The molecule has 1 aliphatic heterocycles. The number of aliphatic hydroxyl groups excluding tert-OH is 1. The van der Waals surface area contributed by atoms with Crippen LogP contribution in [0, 0.1) is 5.41 Å². The Morgan fingerprint density at radius 2 is 1.71 bits per heavy atom. The number of hydrogen-bond acceptors (Lipinski definition) is 7. The van der Waals surface area contributed by atoms with E-state index in [4.69, 9.17) is 18.9 Å². The number of ether oxygens (including phenoxy) is 4. The van der Waals surface area contributed by atoms with Gasteiger partial charge in [-0.25, -0.2) is 9.59 Å². The summed E-state index contributed by atoms with van der Waals surface area (Å²) in [6.07, 6.45) is 11.5. The fraction of sp³-hybridized carbons (Fsp3) is 0.913. The highest BCUT2D eigenvalue weighted by molar-refractivity contribution is 5.67. The molecule has 1 fully saturated rings. The summed E-state index contributed by atoms with van der Waals surface area (Å²) in [5.74, 6) is 0. The predicted octanol–water partition coefficient (Wildman–Crippen LogP) is 4.57. The summed E-state index contributed by atoms with van der Waals surface area (Å²) in [5.41, 5.74) is -0.683. The summed E-state index contributed by atoms with van der Waals surface area (Å²) >= 11 is 0. The number of alkyl carbamates (subject to hydrolysis) is 1. The van der Waals surface area contributed by atoms with Gasteiger partial charge in [-0.15, -0.1) is 0 Å². The molecule has 0 aliphatic carbocycles. The van der Waals surface area contributed by atoms with Crippen molar-refractivity contribution in [1.29, 1.82) is 0 Å². The number of aliphatic hydroxyl groups is 1. The van der Waals surface area contributed by atoms with Gasteiger partial charge >= 0.3 is 12.2 Å². The summed E-state index contributed by atoms with van der Waals surface area (Å²) in [4.78, 5) is 22.9. The van der Waals surface area contributed by atoms with Crippen molar-refractivity contribution in [3.05, 3.63) is 0 Å². The number of rotatable bonds is 19. The lowest BCUT2D eigenvalue weighted by Crippen LogP contribution is -2.39. The van der Waals surface area contributed by atoms with Crippen LogP contribution in [0.1, 0.15) is 84.5 Å². The molecule has 182 valence electrons. The highest BCUT2D eigenvalue weighted by atomic mass is 16.8. The molecular formula is C23H43NO7. The maximum Gasteiger partial charge on any atom is 0.508 e. The molecule has 2 N–H and O–H groups in total. The van der Waals surface area contributed by atoms with Crippen LogP contribution in [0.5, 0.6) is 0 Å². The van der Waals surface area contributed by atoms with Crippen molar-refractivity contribution in [2.45, 2.75) is 90.6 Å². The van der Waals surface area contributed by atoms with Gasteiger partial charge in [-0.3, -0.25) is 0 Å². The molecule has 1 heterocycles. The first-order valence-electron chi connectivity index (χ1n) is 12.0. The van der Waals surface area contributed by atoms with Gasteiger partial charge in [-0.2, -0.15) is 0 Å². The molecular weight excluding hydrogens is 402 g/mol. The van der Waals surface area contributed by atoms with E-state index in [-0.39, 0.29) is 33.0 Å². The minimum Gasteiger partial charge on any atom is -0.449 e. The van der Waals surface area contributed by atoms with Crippen LogP contribution in [-0.4, -0.2) is 63.0 Å². The van der Waals surface area contributed by atoms with Gasteiger partial charge in [-0.1, -0.05) is 71.6 Å². The van der Waals surface area contributed by atoms with E-state index in [2.05, 4.69) is 12.2 Å². The summed E-state index contributed by atoms with van der Waals surface area (Å²) in [5, 5.41) is 12.6. The highest BCUT2D eigenvalue weighted by Crippen LogP contribution is 2.23. The van der Waals surface area contributed by atoms with Crippen molar-refractivity contribution in [3.8, 4) is 0 Å². The molecule has 1 rings (SSSR count). The number of unbranched alkanes of at least 4 members (excludes halogenated alkanes) is 9. The topological polar surface area (TPSA) is 103 Å². The fourth-order valence-corrected chi connectivity index (χ4v) is 3.38. The van der Waals surface area contributed by atoms with E-state index < -0.39 is 23.8 Å². The van der Waals surface area contributed by atoms with Gasteiger partial charge in [0.2, 0.25) is 0 Å². The standard InChI is InChI=1S/C23H43NO7/c1-3-5-6-7-8-9-10-11-12-13-14-24-21(26)30-19-23(4-2,17-25)18-28-15-20-16-29-22(27)31-20/h20,25H,3-19H2,1-2H3,(H,24,26). The molecule has 0 bridgehead atoms. The summed E-state index contributed by atoms with van der Waals surface area (Å²) in [6.45, 7) is 5.16. The van der Waals surface area contributed by atoms with Crippen molar-refractivity contribution in [3.63, 3.8) is 0 Å². The molecule has 8 heteroatoms. The van der Waals surface area contributed by atoms with Crippen molar-refractivity contribution in [2.24, 2.45) is 5.41 Å². The Hall–Kier alpha value is -1.54. The second-order valence-electron chi connectivity index (χ2n) is 8.51. The third-order valence-corrected chi connectivity index (χ3v) is 5.76. The largest absolute Gasteiger partial charge is 0.508 e. The fourth-order valence-electron chi connectivity index (χ4n) is 3.38. The van der Waals surface area contributed by atoms with Crippen LogP contribution in [0.25, 0.3) is 0 Å². The number of nitrogens with one attached hydrogen (secondary N) is 1. The van der Waals surface area contributed by atoms with Crippen molar-refractivity contribution in [2.75, 3.05) is 39.6 Å². The monoisotopic (exact) mass is 445 g/mol. The molecule has 0 saturated carbocycles. The van der Waals surface area contributed by atoms with Crippen LogP contribution in [0.15, 0.2) is 0 Å². The first-order valence-corrected chi connectivity index (χ1v) is 12.0. The minimum atomic E-state index is -0.695. The average Bonchev–Trinajstić information content (AvgIpc) is 3.19. The lowest BCUT2D eigenvalue weighted by Gasteiger charge is -2.30. The Morgan fingerprint density at radius 3 is 2.26 bits per heavy atom. The maximum absolute atomic E-state index is 12.0. The zero-order valence-corrected chi connectivity index (χ0v) is 19.5. The molecule has 2 atom stereocenters. The van der Waals surface area contributed by atoms with E-state index in [1.165, 1.54) is 51.4 Å². The molecule has 1 aliphatic rings. The Bertz CT molecular complexity index is 483. The van der Waals surface area contributed by atoms with Crippen LogP contribution in [0.4, 0.5) is 9.59 Å². The number of amides is 1. The van der Waals surface area contributed by atoms with Crippen LogP contribution >= 0.6 is 0 Å². The maximum atomic E-state index is 12.0. The second-order valence-corrected chi connectivity index (χ2v) is 8.51. The lowest BCUT2D eigenvalue weighted by molar-refractivity contribution is -0.0506. The predicted molar refractivity (Wildman–Crippen MR) is 118 cm³/mol. The Kier molecular flexibility index (Phi) is 15.1. The quantitative estimate of drug-likeness (QED) is 0.222. The van der Waals surface area contributed by atoms with Gasteiger partial charge in [0, 0.05) is 6.54 Å². The van der Waals surface area contributed by atoms with Gasteiger partial charge < -0.3 is 29.4 Å². The molecule has 1 saturated heterocycles. The molecule has 1 amide bonds. The highest BCUT2D eigenvalue weighted by Gasteiger charge is 2.32. The lowest BCUT2D eigenvalue weighted by atomic mass is 9.88. The summed E-state index contributed by atoms with van der Waals surface area (Å²) in [7, 11) is 0. The Balaban J connectivity index is 2.07. The van der Waals surface area contributed by atoms with Gasteiger partial charge in [0.1, 0.15) is 13.2 Å². The molecule has 0 aromatic heterocycles. The van der Waals surface area contributed by atoms with E-state index in [0.717, 1.165) is 12.8 Å². The van der Waals surface area contributed by atoms with Crippen molar-refractivity contribution in [1.82, 2.24) is 5.32 Å². The van der Waals surface area contributed by atoms with Gasteiger partial charge in [-0.05, 0) is 12.8 Å². The second kappa shape index (κ2) is 17.1. The van der Waals surface area contributed by atoms with E-state index in [1.54, 1.807) is 0 Å². The third kappa shape index (κ3) is 12.8. The summed E-state index contributed by atoms with van der Waals surface area (Å²) < 4.78 is 20.5. The average molecular weight is 446 g/mol. The first-order chi connectivity index (χ1) is 15.0. The van der Waals surface area contributed by atoms with Gasteiger partial charge in [0.15, 0.2) is 6.10 Å². The number of carbonyl (C=O) groups is 2. The van der Waals surface area contributed by atoms with E-state index in [0.29, 0.717) is 13.0 Å². The van der Waals surface area contributed by atoms with Crippen LogP contribution in [-0.2, 0) is 18.9 Å². The Morgan fingerprint density at radius 1 is 1.06 bits per heavy atom. The molecule has 0 radical (unpaired) electrons. The minimum absolute atomic E-state index is 0.0603. The van der Waals surface area contributed by atoms with Crippen LogP contribution in [0.3, 0.4) is 0 Å². The third-order valence-electron chi connectivity index (χ3n) is 5.76. The molecule has 0 spiro atoms. The number of cyclic esters (lactones) is 2. The van der Waals surface area contributed by atoms with Gasteiger partial charge in [0.05, 0.1) is 25.2 Å². The SMILES string of the molecule is CCCCCCCCCCCCNC(=O)OCC(CC)(CO)COCC1COC(=O)O1. The molecule has 31 heavy (non-hydrogen) atoms. The molecule has 2 unspecified atom stereocenters. The van der Waals surface area contributed by atoms with E-state index in [9.17, 15) is 14.7 Å². The molecule has 0 aromatic carbocycles. The molecule has 8 nitrogen and oxygen atoms in total. The zero-order valence-electron chi connectivity index (χ0n) is 19.5. The first kappa shape index (κ1) is 27.5. The van der Waals surface area contributed by atoms with Gasteiger partial charge in [0.25, 0.3) is 0 Å². The summed E-state index contributed by atoms with van der Waals surface area (Å²) in [6, 6.07) is 0. The molecule has 0 aromatic rings. The van der Waals surface area contributed by atoms with E-state index >= 15 is 0 Å². The zero-order chi connectivity index (χ0) is 22.8. The number of hydrogen-bond donors (Lipinski definition) is 2. The van der Waals surface area contributed by atoms with Crippen molar-refractivity contribution < 1.29 is 33.6 Å². The number of carbonyl (C=O) groups excluding carboxylic acids is 2. The normalized spacial score (nSPS) is 17.6. The smallest absolute Gasteiger partial charge is 0.449 e.